The Bertz CT molecular complexity index is 990. The summed E-state index contributed by atoms with van der Waals surface area (Å²) >= 11 is 0. The Labute approximate surface area is 432 Å². The summed E-state index contributed by atoms with van der Waals surface area (Å²) in [6, 6.07) is -0.551. The zero-order valence-corrected chi connectivity index (χ0v) is 47.1. The third-order valence-electron chi connectivity index (χ3n) is 15.2. The minimum atomic E-state index is -0.672. The van der Waals surface area contributed by atoms with Crippen molar-refractivity contribution in [2.45, 2.75) is 379 Å². The van der Waals surface area contributed by atoms with Gasteiger partial charge in [-0.05, 0) is 25.7 Å². The van der Waals surface area contributed by atoms with E-state index in [2.05, 4.69) is 19.2 Å². The lowest BCUT2D eigenvalue weighted by Crippen LogP contribution is -2.45. The van der Waals surface area contributed by atoms with Gasteiger partial charge in [0.25, 0.3) is 0 Å². The summed E-state index contributed by atoms with van der Waals surface area (Å²) < 4.78 is 5.50. The van der Waals surface area contributed by atoms with Crippen LogP contribution in [0.15, 0.2) is 0 Å². The van der Waals surface area contributed by atoms with E-state index in [0.717, 1.165) is 51.4 Å². The van der Waals surface area contributed by atoms with Crippen LogP contribution >= 0.6 is 0 Å². The van der Waals surface area contributed by atoms with Crippen LogP contribution in [0.4, 0.5) is 0 Å². The van der Waals surface area contributed by atoms with Gasteiger partial charge in [0.15, 0.2) is 0 Å². The van der Waals surface area contributed by atoms with Crippen molar-refractivity contribution in [2.24, 2.45) is 0 Å². The first-order valence-electron chi connectivity index (χ1n) is 31.8. The van der Waals surface area contributed by atoms with Gasteiger partial charge in [0.05, 0.1) is 25.4 Å². The number of carbonyl (C=O) groups is 2. The maximum atomic E-state index is 12.5. The summed E-state index contributed by atoms with van der Waals surface area (Å²) in [5.74, 6) is -0.0418. The molecule has 0 heterocycles. The van der Waals surface area contributed by atoms with Gasteiger partial charge in [-0.3, -0.25) is 9.59 Å². The van der Waals surface area contributed by atoms with E-state index in [4.69, 9.17) is 4.74 Å². The molecular formula is C63H125NO5. The molecule has 2 atom stereocenters. The number of aliphatic hydroxyl groups is 2. The van der Waals surface area contributed by atoms with Gasteiger partial charge in [-0.1, -0.05) is 328 Å². The van der Waals surface area contributed by atoms with Gasteiger partial charge in [-0.2, -0.15) is 0 Å². The molecule has 69 heavy (non-hydrogen) atoms. The monoisotopic (exact) mass is 976 g/mol. The molecule has 6 heteroatoms. The predicted molar refractivity (Wildman–Crippen MR) is 301 cm³/mol. The Morgan fingerprint density at radius 3 is 0.884 bits per heavy atom. The lowest BCUT2D eigenvalue weighted by atomic mass is 10.0. The number of unbranched alkanes of at least 4 members (excludes halogenated alkanes) is 49. The Morgan fingerprint density at radius 2 is 0.594 bits per heavy atom. The summed E-state index contributed by atoms with van der Waals surface area (Å²) in [4.78, 5) is 24.6. The zero-order chi connectivity index (χ0) is 50.0. The minimum absolute atomic E-state index is 0.000978. The van der Waals surface area contributed by atoms with Crippen LogP contribution in [0, 0.1) is 0 Å². The van der Waals surface area contributed by atoms with Crippen molar-refractivity contribution in [3.8, 4) is 0 Å². The molecular weight excluding hydrogens is 851 g/mol. The number of carbonyl (C=O) groups excluding carboxylic acids is 2. The second-order valence-corrected chi connectivity index (χ2v) is 22.1. The number of nitrogens with one attached hydrogen (secondary N) is 1. The smallest absolute Gasteiger partial charge is 0.305 e. The number of esters is 1. The standard InChI is InChI=1S/C63H125NO5/c1-3-5-7-9-11-13-15-17-19-21-23-25-26-28-31-35-39-43-47-51-55-61(66)60(59-65)64-62(67)56-52-48-44-40-36-32-30-34-38-42-46-50-54-58-69-63(68)57-53-49-45-41-37-33-29-27-24-22-20-18-16-14-12-10-8-6-4-2/h60-61,65-66H,3-59H2,1-2H3,(H,64,67). The van der Waals surface area contributed by atoms with Crippen LogP contribution in [-0.4, -0.2) is 47.4 Å². The second-order valence-electron chi connectivity index (χ2n) is 22.1. The fourth-order valence-corrected chi connectivity index (χ4v) is 10.3. The molecule has 0 aliphatic heterocycles. The van der Waals surface area contributed by atoms with Crippen LogP contribution in [0.25, 0.3) is 0 Å². The maximum absolute atomic E-state index is 12.5. The van der Waals surface area contributed by atoms with Crippen LogP contribution in [0.3, 0.4) is 0 Å². The maximum Gasteiger partial charge on any atom is 0.305 e. The van der Waals surface area contributed by atoms with Crippen molar-refractivity contribution in [1.29, 1.82) is 0 Å². The molecule has 6 nitrogen and oxygen atoms in total. The van der Waals surface area contributed by atoms with Crippen molar-refractivity contribution in [3.63, 3.8) is 0 Å². The molecule has 0 aliphatic rings. The van der Waals surface area contributed by atoms with Crippen LogP contribution in [0.2, 0.25) is 0 Å². The van der Waals surface area contributed by atoms with Gasteiger partial charge < -0.3 is 20.3 Å². The van der Waals surface area contributed by atoms with Crippen LogP contribution in [0.5, 0.6) is 0 Å². The number of ether oxygens (including phenoxy) is 1. The summed E-state index contributed by atoms with van der Waals surface area (Å²) in [5, 5.41) is 23.4. The van der Waals surface area contributed by atoms with E-state index in [-0.39, 0.29) is 18.5 Å². The van der Waals surface area contributed by atoms with Crippen molar-refractivity contribution < 1.29 is 24.5 Å². The first-order valence-corrected chi connectivity index (χ1v) is 31.8. The Morgan fingerprint density at radius 1 is 0.348 bits per heavy atom. The van der Waals surface area contributed by atoms with Crippen molar-refractivity contribution >= 4 is 11.9 Å². The molecule has 0 aromatic carbocycles. The zero-order valence-electron chi connectivity index (χ0n) is 47.1. The van der Waals surface area contributed by atoms with E-state index < -0.39 is 12.1 Å². The normalized spacial score (nSPS) is 12.5. The van der Waals surface area contributed by atoms with Crippen LogP contribution < -0.4 is 5.32 Å². The van der Waals surface area contributed by atoms with E-state index in [0.29, 0.717) is 25.9 Å². The molecule has 0 rings (SSSR count). The van der Waals surface area contributed by atoms with E-state index in [1.807, 2.05) is 0 Å². The molecule has 0 aliphatic carbocycles. The van der Waals surface area contributed by atoms with Crippen LogP contribution in [-0.2, 0) is 14.3 Å². The Kier molecular flexibility index (Phi) is 58.4. The molecule has 0 aromatic rings. The largest absolute Gasteiger partial charge is 0.466 e. The molecule has 0 radical (unpaired) electrons. The van der Waals surface area contributed by atoms with Gasteiger partial charge >= 0.3 is 5.97 Å². The number of rotatable bonds is 60. The molecule has 0 saturated carbocycles. The summed E-state index contributed by atoms with van der Waals surface area (Å²) in [6.45, 7) is 4.97. The topological polar surface area (TPSA) is 95.9 Å². The molecule has 0 fully saturated rings. The Hall–Kier alpha value is -1.14. The molecule has 0 bridgehead atoms. The highest BCUT2D eigenvalue weighted by molar-refractivity contribution is 5.76. The summed E-state index contributed by atoms with van der Waals surface area (Å²) in [7, 11) is 0. The van der Waals surface area contributed by atoms with E-state index in [1.165, 1.54) is 283 Å². The molecule has 0 aromatic heterocycles. The highest BCUT2D eigenvalue weighted by Crippen LogP contribution is 2.19. The minimum Gasteiger partial charge on any atom is -0.466 e. The third kappa shape index (κ3) is 56.0. The lowest BCUT2D eigenvalue weighted by molar-refractivity contribution is -0.143. The number of hydrogen-bond acceptors (Lipinski definition) is 5. The SMILES string of the molecule is CCCCCCCCCCCCCCCCCCCCCCC(O)C(CO)NC(=O)CCCCCCCCCCCCCCCOC(=O)CCCCCCCCCCCCCCCCCCCCC. The summed E-state index contributed by atoms with van der Waals surface area (Å²) in [6.07, 6.45) is 69.6. The van der Waals surface area contributed by atoms with Gasteiger partial charge in [-0.25, -0.2) is 0 Å². The molecule has 0 saturated heterocycles. The quantitative estimate of drug-likeness (QED) is 0.0417. The van der Waals surface area contributed by atoms with Crippen molar-refractivity contribution in [3.05, 3.63) is 0 Å². The van der Waals surface area contributed by atoms with Crippen molar-refractivity contribution in [1.82, 2.24) is 5.32 Å². The molecule has 3 N–H and O–H groups in total. The van der Waals surface area contributed by atoms with Gasteiger partial charge in [0.2, 0.25) is 5.91 Å². The van der Waals surface area contributed by atoms with Gasteiger partial charge in [0.1, 0.15) is 0 Å². The fraction of sp³-hybridized carbons (Fsp3) is 0.968. The van der Waals surface area contributed by atoms with E-state index in [9.17, 15) is 19.8 Å². The van der Waals surface area contributed by atoms with Gasteiger partial charge in [0, 0.05) is 12.8 Å². The fourth-order valence-electron chi connectivity index (χ4n) is 10.3. The lowest BCUT2D eigenvalue weighted by Gasteiger charge is -2.22. The summed E-state index contributed by atoms with van der Waals surface area (Å²) in [5.41, 5.74) is 0. The van der Waals surface area contributed by atoms with Crippen LogP contribution in [0.1, 0.15) is 367 Å². The Balaban J connectivity index is 3.41. The van der Waals surface area contributed by atoms with E-state index >= 15 is 0 Å². The van der Waals surface area contributed by atoms with E-state index in [1.54, 1.807) is 0 Å². The highest BCUT2D eigenvalue weighted by Gasteiger charge is 2.20. The third-order valence-corrected chi connectivity index (χ3v) is 15.2. The number of amides is 1. The average molecular weight is 977 g/mol. The molecule has 0 spiro atoms. The molecule has 2 unspecified atom stereocenters. The first kappa shape index (κ1) is 67.9. The molecule has 1 amide bonds. The second kappa shape index (κ2) is 59.4. The number of hydrogen-bond donors (Lipinski definition) is 3. The highest BCUT2D eigenvalue weighted by atomic mass is 16.5. The van der Waals surface area contributed by atoms with Crippen molar-refractivity contribution in [2.75, 3.05) is 13.2 Å². The molecule has 412 valence electrons. The van der Waals surface area contributed by atoms with Gasteiger partial charge in [-0.15, -0.1) is 0 Å². The average Bonchev–Trinajstić information content (AvgIpc) is 3.35. The predicted octanol–water partition coefficient (Wildman–Crippen LogP) is 19.9. The number of aliphatic hydroxyl groups excluding tert-OH is 2. The first-order chi connectivity index (χ1) is 34.0.